The quantitative estimate of drug-likeness (QED) is 0.486. The van der Waals surface area contributed by atoms with Gasteiger partial charge in [0.15, 0.2) is 11.5 Å². The van der Waals surface area contributed by atoms with Crippen LogP contribution >= 0.6 is 0 Å². The molecule has 3 aromatic carbocycles. The zero-order valence-electron chi connectivity index (χ0n) is 17.5. The number of methoxy groups -OCH3 is 2. The maximum absolute atomic E-state index is 13.5. The number of anilines is 1. The molecule has 4 aromatic rings. The molecule has 32 heavy (non-hydrogen) atoms. The molecule has 160 valence electrons. The molecule has 5 rings (SSSR count). The van der Waals surface area contributed by atoms with Crippen LogP contribution in [0, 0.1) is 5.82 Å². The Balaban J connectivity index is 1.73. The second-order valence-electron chi connectivity index (χ2n) is 7.40. The van der Waals surface area contributed by atoms with Gasteiger partial charge in [-0.1, -0.05) is 24.3 Å². The minimum absolute atomic E-state index is 0.188. The van der Waals surface area contributed by atoms with E-state index >= 15 is 0 Å². The number of rotatable bonds is 5. The van der Waals surface area contributed by atoms with Crippen LogP contribution in [0.2, 0.25) is 0 Å². The molecule has 7 heteroatoms. The second-order valence-corrected chi connectivity index (χ2v) is 7.40. The van der Waals surface area contributed by atoms with Crippen molar-refractivity contribution in [3.63, 3.8) is 0 Å². The molecular formula is C25H20FN3O3. The topological polar surface area (TPSA) is 67.5 Å². The molecule has 0 spiro atoms. The highest BCUT2D eigenvalue weighted by Crippen LogP contribution is 2.46. The van der Waals surface area contributed by atoms with Gasteiger partial charge in [-0.15, -0.1) is 0 Å². The average Bonchev–Trinajstić information content (AvgIpc) is 3.38. The largest absolute Gasteiger partial charge is 0.493 e. The third-order valence-corrected chi connectivity index (χ3v) is 5.64. The van der Waals surface area contributed by atoms with Gasteiger partial charge in [0.05, 0.1) is 26.0 Å². The first-order valence-corrected chi connectivity index (χ1v) is 10.1. The van der Waals surface area contributed by atoms with Gasteiger partial charge in [0.1, 0.15) is 11.5 Å². The maximum Gasteiger partial charge on any atom is 0.277 e. The molecular weight excluding hydrogens is 409 g/mol. The van der Waals surface area contributed by atoms with E-state index in [-0.39, 0.29) is 11.7 Å². The predicted molar refractivity (Wildman–Crippen MR) is 119 cm³/mol. The number of amides is 1. The summed E-state index contributed by atoms with van der Waals surface area (Å²) in [6, 6.07) is 20.7. The van der Waals surface area contributed by atoms with Crippen LogP contribution in [-0.2, 0) is 0 Å². The van der Waals surface area contributed by atoms with Gasteiger partial charge in [-0.3, -0.25) is 14.8 Å². The van der Waals surface area contributed by atoms with Crippen LogP contribution < -0.4 is 14.4 Å². The number of halogens is 1. The van der Waals surface area contributed by atoms with Crippen molar-refractivity contribution >= 4 is 11.6 Å². The van der Waals surface area contributed by atoms with Gasteiger partial charge >= 0.3 is 0 Å². The van der Waals surface area contributed by atoms with Gasteiger partial charge in [-0.05, 0) is 54.1 Å². The summed E-state index contributed by atoms with van der Waals surface area (Å²) in [5.74, 6) is 0.634. The number of para-hydroxylation sites is 1. The van der Waals surface area contributed by atoms with Crippen LogP contribution in [0.5, 0.6) is 11.5 Å². The van der Waals surface area contributed by atoms with Gasteiger partial charge < -0.3 is 9.47 Å². The third kappa shape index (κ3) is 3.10. The second kappa shape index (κ2) is 7.85. The van der Waals surface area contributed by atoms with Crippen molar-refractivity contribution in [2.45, 2.75) is 6.04 Å². The third-order valence-electron chi connectivity index (χ3n) is 5.64. The van der Waals surface area contributed by atoms with E-state index in [1.807, 2.05) is 48.5 Å². The first-order valence-electron chi connectivity index (χ1n) is 10.1. The lowest BCUT2D eigenvalue weighted by atomic mass is 9.95. The van der Waals surface area contributed by atoms with Gasteiger partial charge in [0, 0.05) is 16.8 Å². The lowest BCUT2D eigenvalue weighted by molar-refractivity contribution is 0.0988. The molecule has 1 N–H and O–H groups in total. The molecule has 1 aliphatic rings. The number of nitrogens with one attached hydrogen (secondary N) is 1. The summed E-state index contributed by atoms with van der Waals surface area (Å²) in [6.45, 7) is 0. The molecule has 0 radical (unpaired) electrons. The molecule has 0 unspecified atom stereocenters. The van der Waals surface area contributed by atoms with Crippen molar-refractivity contribution in [2.75, 3.05) is 19.1 Å². The number of hydrogen-bond donors (Lipinski definition) is 1. The van der Waals surface area contributed by atoms with Crippen LogP contribution in [0.1, 0.15) is 27.7 Å². The average molecular weight is 429 g/mol. The number of benzene rings is 3. The van der Waals surface area contributed by atoms with E-state index in [0.29, 0.717) is 22.9 Å². The summed E-state index contributed by atoms with van der Waals surface area (Å²) in [5.41, 5.74) is 4.06. The van der Waals surface area contributed by atoms with E-state index in [4.69, 9.17) is 9.47 Å². The van der Waals surface area contributed by atoms with Crippen LogP contribution in [0.15, 0.2) is 72.8 Å². The molecule has 1 atom stereocenters. The number of H-pyrrole nitrogens is 1. The Morgan fingerprint density at radius 3 is 2.34 bits per heavy atom. The summed E-state index contributed by atoms with van der Waals surface area (Å²) in [5, 5.41) is 7.33. The lowest BCUT2D eigenvalue weighted by Crippen LogP contribution is -2.29. The summed E-state index contributed by atoms with van der Waals surface area (Å²) in [6.07, 6.45) is 0. The smallest absolute Gasteiger partial charge is 0.277 e. The Hall–Kier alpha value is -4.13. The number of aromatic amines is 1. The molecule has 0 saturated carbocycles. The highest BCUT2D eigenvalue weighted by Gasteiger charge is 2.43. The van der Waals surface area contributed by atoms with Gasteiger partial charge in [-0.25, -0.2) is 4.39 Å². The van der Waals surface area contributed by atoms with Gasteiger partial charge in [-0.2, -0.15) is 5.10 Å². The van der Waals surface area contributed by atoms with E-state index < -0.39 is 6.04 Å². The number of ether oxygens (including phenoxy) is 2. The Morgan fingerprint density at radius 1 is 0.938 bits per heavy atom. The highest BCUT2D eigenvalue weighted by molar-refractivity contribution is 6.11. The normalized spacial score (nSPS) is 15.0. The molecule has 6 nitrogen and oxygen atoms in total. The van der Waals surface area contributed by atoms with Crippen molar-refractivity contribution in [3.05, 3.63) is 95.4 Å². The molecule has 1 aromatic heterocycles. The molecule has 1 aliphatic heterocycles. The van der Waals surface area contributed by atoms with E-state index in [1.165, 1.54) is 12.1 Å². The molecule has 0 fully saturated rings. The SMILES string of the molecule is COc1ccc([C@H]2c3c(-c4ccc(F)cc4)n[nH]c3C(=O)N2c2ccccc2)cc1OC. The molecule has 2 heterocycles. The zero-order valence-corrected chi connectivity index (χ0v) is 17.5. The molecule has 0 saturated heterocycles. The van der Waals surface area contributed by atoms with Gasteiger partial charge in [0.2, 0.25) is 0 Å². The predicted octanol–water partition coefficient (Wildman–Crippen LogP) is 4.98. The lowest BCUT2D eigenvalue weighted by Gasteiger charge is -2.27. The minimum atomic E-state index is -0.460. The van der Waals surface area contributed by atoms with Crippen molar-refractivity contribution in [1.29, 1.82) is 0 Å². The van der Waals surface area contributed by atoms with E-state index in [0.717, 1.165) is 22.4 Å². The summed E-state index contributed by atoms with van der Waals surface area (Å²) in [7, 11) is 3.15. The highest BCUT2D eigenvalue weighted by atomic mass is 19.1. The molecule has 0 bridgehead atoms. The van der Waals surface area contributed by atoms with Crippen molar-refractivity contribution in [3.8, 4) is 22.8 Å². The van der Waals surface area contributed by atoms with Crippen LogP contribution in [0.25, 0.3) is 11.3 Å². The first-order chi connectivity index (χ1) is 15.6. The fourth-order valence-electron chi connectivity index (χ4n) is 4.17. The molecule has 1 amide bonds. The number of hydrogen-bond acceptors (Lipinski definition) is 4. The Bertz CT molecular complexity index is 1290. The minimum Gasteiger partial charge on any atom is -0.493 e. The fraction of sp³-hybridized carbons (Fsp3) is 0.120. The monoisotopic (exact) mass is 429 g/mol. The Kier molecular flexibility index (Phi) is 4.86. The molecule has 0 aliphatic carbocycles. The summed E-state index contributed by atoms with van der Waals surface area (Å²) in [4.78, 5) is 15.2. The van der Waals surface area contributed by atoms with E-state index in [2.05, 4.69) is 10.2 Å². The number of carbonyl (C=O) groups excluding carboxylic acids is 1. The first kappa shape index (κ1) is 19.8. The van der Waals surface area contributed by atoms with Crippen LogP contribution in [0.4, 0.5) is 10.1 Å². The number of fused-ring (bicyclic) bond motifs is 1. The zero-order chi connectivity index (χ0) is 22.2. The van der Waals surface area contributed by atoms with Crippen LogP contribution in [0.3, 0.4) is 0 Å². The number of aromatic nitrogens is 2. The Labute approximate surface area is 184 Å². The summed E-state index contributed by atoms with van der Waals surface area (Å²) < 4.78 is 24.4. The van der Waals surface area contributed by atoms with Crippen LogP contribution in [-0.4, -0.2) is 30.3 Å². The van der Waals surface area contributed by atoms with Gasteiger partial charge in [0.25, 0.3) is 5.91 Å². The van der Waals surface area contributed by atoms with Crippen molar-refractivity contribution in [2.24, 2.45) is 0 Å². The van der Waals surface area contributed by atoms with E-state index in [1.54, 1.807) is 31.3 Å². The Morgan fingerprint density at radius 2 is 1.66 bits per heavy atom. The maximum atomic E-state index is 13.5. The van der Waals surface area contributed by atoms with E-state index in [9.17, 15) is 9.18 Å². The van der Waals surface area contributed by atoms with Crippen molar-refractivity contribution < 1.29 is 18.7 Å². The number of carbonyl (C=O) groups is 1. The summed E-state index contributed by atoms with van der Waals surface area (Å²) >= 11 is 0. The van der Waals surface area contributed by atoms with Crippen molar-refractivity contribution in [1.82, 2.24) is 10.2 Å². The standard InChI is InChI=1S/C25H20FN3O3/c1-31-19-13-10-16(14-20(19)32-2)24-21-22(15-8-11-17(26)12-9-15)27-28-23(21)25(30)29(24)18-6-4-3-5-7-18/h3-14,24H,1-2H3,(H,27,28)/t24-/m0/s1. The fourth-order valence-corrected chi connectivity index (χ4v) is 4.17. The number of nitrogens with zero attached hydrogens (tertiary/aromatic N) is 2.